The second kappa shape index (κ2) is 24.2. The summed E-state index contributed by atoms with van der Waals surface area (Å²) in [7, 11) is 8.30. The van der Waals surface area contributed by atoms with Crippen LogP contribution in [0.15, 0.2) is 54.7 Å². The molecule has 2 aromatic heterocycles. The fourth-order valence-electron chi connectivity index (χ4n) is 7.24. The summed E-state index contributed by atoms with van der Waals surface area (Å²) in [5.74, 6) is 1.61. The third kappa shape index (κ3) is 13.6. The molecule has 2 aliphatic heterocycles. The van der Waals surface area contributed by atoms with Crippen LogP contribution in [0.5, 0.6) is 0 Å². The number of methoxy groups -OCH3 is 2. The number of aromatic amines is 2. The second-order valence-electron chi connectivity index (χ2n) is 15.4. The van der Waals surface area contributed by atoms with Crippen molar-refractivity contribution in [2.45, 2.75) is 83.7 Å². The average molecular weight is 855 g/mol. The minimum absolute atomic E-state index is 0.0667. The van der Waals surface area contributed by atoms with Gasteiger partial charge in [0.15, 0.2) is 0 Å². The van der Waals surface area contributed by atoms with Crippen LogP contribution in [0.2, 0.25) is 0 Å². The number of benzene rings is 2. The van der Waals surface area contributed by atoms with Crippen LogP contribution in [0.25, 0.3) is 33.6 Å². The lowest BCUT2D eigenvalue weighted by Gasteiger charge is -2.29. The highest BCUT2D eigenvalue weighted by atomic mass is 19.4. The predicted octanol–water partition coefficient (Wildman–Crippen LogP) is 6.83. The highest BCUT2D eigenvalue weighted by molar-refractivity contribution is 5.83. The largest absolute Gasteiger partial charge is 0.471 e. The number of likely N-dealkylation sites (tertiary alicyclic amines) is 2. The summed E-state index contributed by atoms with van der Waals surface area (Å²) >= 11 is 0. The summed E-state index contributed by atoms with van der Waals surface area (Å²) in [6.45, 7) is 9.76. The van der Waals surface area contributed by atoms with Crippen LogP contribution >= 0.6 is 0 Å². The maximum atomic E-state index is 14.0. The number of halogens is 3. The second-order valence-corrected chi connectivity index (χ2v) is 15.4. The first-order valence-corrected chi connectivity index (χ1v) is 20.2. The molecule has 0 aliphatic carbocycles. The van der Waals surface area contributed by atoms with E-state index in [1.807, 2.05) is 88.0 Å². The molecule has 4 atom stereocenters. The number of imidazole rings is 2. The monoisotopic (exact) mass is 854 g/mol. The highest BCUT2D eigenvalue weighted by Crippen LogP contribution is 2.39. The molecule has 61 heavy (non-hydrogen) atoms. The SMILES string of the molecule is CC(C)C(C=O)NC=O.CNC(C(=O)N1CCC[C@H]1c1ncc(-c2ccc(-c3ccc(-c4nc([C@@H]5CCCN5C)[nH]c4C(F)(F)F)cc3)cc2)[nH]1)C(C)C.COC.COC=O. The molecule has 334 valence electrons. The van der Waals surface area contributed by atoms with Crippen LogP contribution in [0, 0.1) is 11.8 Å². The van der Waals surface area contributed by atoms with E-state index in [0.717, 1.165) is 66.7 Å². The van der Waals surface area contributed by atoms with Gasteiger partial charge in [0.2, 0.25) is 12.3 Å². The van der Waals surface area contributed by atoms with E-state index in [0.29, 0.717) is 30.8 Å². The molecule has 4 N–H and O–H groups in total. The van der Waals surface area contributed by atoms with E-state index in [1.54, 1.807) is 32.5 Å². The van der Waals surface area contributed by atoms with Crippen molar-refractivity contribution in [2.75, 3.05) is 48.5 Å². The fraction of sp³-hybridized carbons (Fsp3) is 0.500. The lowest BCUT2D eigenvalue weighted by molar-refractivity contribution is -0.140. The summed E-state index contributed by atoms with van der Waals surface area (Å²) in [5.41, 5.74) is 3.20. The quantitative estimate of drug-likeness (QED) is 0.104. The number of amides is 2. The van der Waals surface area contributed by atoms with E-state index < -0.39 is 11.9 Å². The van der Waals surface area contributed by atoms with Crippen LogP contribution in [-0.2, 0) is 34.8 Å². The van der Waals surface area contributed by atoms with Gasteiger partial charge in [0.05, 0.1) is 43.2 Å². The zero-order valence-electron chi connectivity index (χ0n) is 36.5. The van der Waals surface area contributed by atoms with Crippen LogP contribution in [0.4, 0.5) is 13.2 Å². The number of hydrogen-bond donors (Lipinski definition) is 4. The lowest BCUT2D eigenvalue weighted by Crippen LogP contribution is -2.47. The fourth-order valence-corrected chi connectivity index (χ4v) is 7.24. The third-order valence-electron chi connectivity index (χ3n) is 10.4. The molecule has 2 saturated heterocycles. The minimum Gasteiger partial charge on any atom is -0.471 e. The van der Waals surface area contributed by atoms with E-state index in [-0.39, 0.29) is 47.6 Å². The van der Waals surface area contributed by atoms with Crippen LogP contribution in [-0.4, -0.2) is 115 Å². The van der Waals surface area contributed by atoms with Gasteiger partial charge in [-0.15, -0.1) is 0 Å². The first-order valence-electron chi connectivity index (χ1n) is 20.2. The molecule has 2 fully saturated rings. The number of H-pyrrole nitrogens is 2. The van der Waals surface area contributed by atoms with Gasteiger partial charge in [-0.2, -0.15) is 13.2 Å². The molecular formula is C44H61F3N8O6. The Morgan fingerprint density at radius 3 is 1.82 bits per heavy atom. The van der Waals surface area contributed by atoms with Gasteiger partial charge in [-0.05, 0) is 74.8 Å². The zero-order chi connectivity index (χ0) is 45.3. The Morgan fingerprint density at radius 2 is 1.38 bits per heavy atom. The van der Waals surface area contributed by atoms with E-state index in [1.165, 1.54) is 7.11 Å². The number of alkyl halides is 3. The Hall–Kier alpha value is -5.39. The van der Waals surface area contributed by atoms with Gasteiger partial charge in [-0.25, -0.2) is 9.97 Å². The Labute approximate surface area is 356 Å². The molecule has 17 heteroatoms. The first-order chi connectivity index (χ1) is 29.1. The number of nitrogens with zero attached hydrogens (tertiary/aromatic N) is 4. The van der Waals surface area contributed by atoms with Gasteiger partial charge in [0.25, 0.3) is 6.47 Å². The van der Waals surface area contributed by atoms with Crippen molar-refractivity contribution >= 4 is 25.1 Å². The minimum atomic E-state index is -4.53. The van der Waals surface area contributed by atoms with E-state index in [9.17, 15) is 27.6 Å². The maximum absolute atomic E-state index is 14.0. The molecule has 2 amide bonds. The number of aldehydes is 1. The van der Waals surface area contributed by atoms with Crippen molar-refractivity contribution in [3.05, 3.63) is 72.1 Å². The summed E-state index contributed by atoms with van der Waals surface area (Å²) in [6.07, 6.45) is 2.06. The molecular weight excluding hydrogens is 794 g/mol. The molecule has 14 nitrogen and oxygen atoms in total. The third-order valence-corrected chi connectivity index (χ3v) is 10.4. The molecule has 0 saturated carbocycles. The topological polar surface area (TPSA) is 175 Å². The number of carbonyl (C=O) groups excluding carboxylic acids is 4. The van der Waals surface area contributed by atoms with E-state index >= 15 is 0 Å². The Morgan fingerprint density at radius 1 is 0.836 bits per heavy atom. The summed E-state index contributed by atoms with van der Waals surface area (Å²) in [5, 5.41) is 5.54. The number of rotatable bonds is 13. The molecule has 0 spiro atoms. The maximum Gasteiger partial charge on any atom is 0.433 e. The van der Waals surface area contributed by atoms with Crippen molar-refractivity contribution in [3.8, 4) is 33.6 Å². The number of hydrogen-bond acceptors (Lipinski definition) is 10. The molecule has 4 heterocycles. The Kier molecular flexibility index (Phi) is 19.8. The van der Waals surface area contributed by atoms with Crippen LogP contribution in [0.3, 0.4) is 0 Å². The lowest BCUT2D eigenvalue weighted by atomic mass is 10.0. The number of aromatic nitrogens is 4. The average Bonchev–Trinajstić information content (AvgIpc) is 4.08. The molecule has 2 aliphatic rings. The van der Waals surface area contributed by atoms with Crippen LogP contribution in [0.1, 0.15) is 82.8 Å². The van der Waals surface area contributed by atoms with Gasteiger partial charge in [-0.3, -0.25) is 19.3 Å². The van der Waals surface area contributed by atoms with Crippen LogP contribution < -0.4 is 10.6 Å². The number of carbonyl (C=O) groups is 4. The summed E-state index contributed by atoms with van der Waals surface area (Å²) in [6, 6.07) is 14.2. The summed E-state index contributed by atoms with van der Waals surface area (Å²) < 4.78 is 50.0. The summed E-state index contributed by atoms with van der Waals surface area (Å²) in [4.78, 5) is 61.2. The molecule has 0 radical (unpaired) electrons. The molecule has 2 aromatic carbocycles. The van der Waals surface area contributed by atoms with Gasteiger partial charge in [-0.1, -0.05) is 76.2 Å². The van der Waals surface area contributed by atoms with Gasteiger partial charge >= 0.3 is 6.18 Å². The first kappa shape index (κ1) is 50.0. The van der Waals surface area contributed by atoms with Gasteiger partial charge in [0.1, 0.15) is 29.3 Å². The van der Waals surface area contributed by atoms with Crippen molar-refractivity contribution in [3.63, 3.8) is 0 Å². The van der Waals surface area contributed by atoms with Gasteiger partial charge in [0, 0.05) is 26.3 Å². The van der Waals surface area contributed by atoms with Gasteiger partial charge < -0.3 is 39.8 Å². The standard InChI is InChI=1S/C34H40F3N7O.C6H11NO2.C2H4O2.C2H6O/c1-20(2)28(38-3)33(45)44-18-6-8-27(44)31-39-19-25(40-31)23-13-9-21(10-14-23)22-11-15-24(16-12-22)29-30(34(35,36)37)42-32(41-29)26-7-5-17-43(26)4;1-5(2)6(3-8)7-4-9;1-4-2-3;1-3-2/h9-16,19-20,26-28,38H,5-8,17-18H2,1-4H3,(H,39,40)(H,41,42);3-6H,1-2H3,(H,7,9);2H,1H3;1-2H3/t26-,27-,28?;;;/m0.../s1. The van der Waals surface area contributed by atoms with Crippen molar-refractivity contribution in [1.29, 1.82) is 0 Å². The Bertz CT molecular complexity index is 1950. The molecule has 4 aromatic rings. The number of likely N-dealkylation sites (N-methyl/N-ethyl adjacent to an activating group) is 1. The molecule has 0 bridgehead atoms. The Balaban J connectivity index is 0.000000530. The molecule has 6 rings (SSSR count). The molecule has 2 unspecified atom stereocenters. The normalized spacial score (nSPS) is 17.2. The zero-order valence-corrected chi connectivity index (χ0v) is 36.5. The van der Waals surface area contributed by atoms with E-state index in [4.69, 9.17) is 4.79 Å². The van der Waals surface area contributed by atoms with Crippen molar-refractivity contribution in [2.24, 2.45) is 11.8 Å². The number of nitrogens with one attached hydrogen (secondary N) is 4. The smallest absolute Gasteiger partial charge is 0.433 e. The predicted molar refractivity (Wildman–Crippen MR) is 228 cm³/mol. The number of ether oxygens (including phenoxy) is 2. The van der Waals surface area contributed by atoms with Crippen molar-refractivity contribution < 1.29 is 41.8 Å². The van der Waals surface area contributed by atoms with E-state index in [2.05, 4.69) is 40.0 Å². The highest BCUT2D eigenvalue weighted by Gasteiger charge is 2.39. The van der Waals surface area contributed by atoms with Crippen molar-refractivity contribution in [1.82, 2.24) is 40.4 Å².